The lowest BCUT2D eigenvalue weighted by Crippen LogP contribution is -2.42. The monoisotopic (exact) mass is 276 g/mol. The second-order valence-electron chi connectivity index (χ2n) is 4.87. The molecule has 1 fully saturated rings. The third-order valence-electron chi connectivity index (χ3n) is 3.30. The van der Waals surface area contributed by atoms with Gasteiger partial charge >= 0.3 is 0 Å². The van der Waals surface area contributed by atoms with Crippen molar-refractivity contribution in [2.24, 2.45) is 0 Å². The van der Waals surface area contributed by atoms with Crippen LogP contribution in [-0.4, -0.2) is 49.6 Å². The standard InChI is InChI=1S/C15H20N2O3/c1-12-2-4-13(5-3-12)15(19)16-7-6-14(18)17-8-10-20-11-9-17/h2-5H,6-11H2,1H3,(H,16,19). The summed E-state index contributed by atoms with van der Waals surface area (Å²) < 4.78 is 5.20. The molecule has 1 aliphatic rings. The van der Waals surface area contributed by atoms with Crippen molar-refractivity contribution < 1.29 is 14.3 Å². The number of morpholine rings is 1. The Balaban J connectivity index is 1.73. The van der Waals surface area contributed by atoms with Crippen LogP contribution >= 0.6 is 0 Å². The van der Waals surface area contributed by atoms with Gasteiger partial charge in [0.1, 0.15) is 0 Å². The molecule has 108 valence electrons. The molecule has 1 aromatic carbocycles. The second kappa shape index (κ2) is 7.05. The number of nitrogens with zero attached hydrogens (tertiary/aromatic N) is 1. The van der Waals surface area contributed by atoms with Gasteiger partial charge < -0.3 is 15.0 Å². The normalized spacial score (nSPS) is 14.9. The first-order valence-electron chi connectivity index (χ1n) is 6.87. The molecule has 2 rings (SSSR count). The van der Waals surface area contributed by atoms with E-state index in [4.69, 9.17) is 4.74 Å². The predicted molar refractivity (Wildman–Crippen MR) is 75.5 cm³/mol. The molecule has 1 heterocycles. The Bertz CT molecular complexity index is 465. The summed E-state index contributed by atoms with van der Waals surface area (Å²) in [7, 11) is 0. The number of amides is 2. The van der Waals surface area contributed by atoms with E-state index in [0.29, 0.717) is 44.8 Å². The van der Waals surface area contributed by atoms with Crippen molar-refractivity contribution in [1.29, 1.82) is 0 Å². The Hall–Kier alpha value is -1.88. The molecule has 0 radical (unpaired) electrons. The predicted octanol–water partition coefficient (Wildman–Crippen LogP) is 0.974. The molecule has 0 bridgehead atoms. The fourth-order valence-corrected chi connectivity index (χ4v) is 2.06. The van der Waals surface area contributed by atoms with Gasteiger partial charge in [-0.3, -0.25) is 9.59 Å². The summed E-state index contributed by atoms with van der Waals surface area (Å²) >= 11 is 0. The molecule has 0 saturated carbocycles. The molecular weight excluding hydrogens is 256 g/mol. The summed E-state index contributed by atoms with van der Waals surface area (Å²) in [6.07, 6.45) is 0.331. The zero-order chi connectivity index (χ0) is 14.4. The van der Waals surface area contributed by atoms with E-state index < -0.39 is 0 Å². The molecule has 2 amide bonds. The van der Waals surface area contributed by atoms with Crippen LogP contribution in [0.3, 0.4) is 0 Å². The minimum atomic E-state index is -0.139. The lowest BCUT2D eigenvalue weighted by Gasteiger charge is -2.26. The number of aryl methyl sites for hydroxylation is 1. The van der Waals surface area contributed by atoms with Gasteiger partial charge in [0.2, 0.25) is 5.91 Å². The molecule has 1 N–H and O–H groups in total. The third-order valence-corrected chi connectivity index (χ3v) is 3.30. The molecule has 0 spiro atoms. The molecule has 5 heteroatoms. The van der Waals surface area contributed by atoms with Crippen LogP contribution in [0, 0.1) is 6.92 Å². The minimum Gasteiger partial charge on any atom is -0.378 e. The number of ether oxygens (including phenoxy) is 1. The van der Waals surface area contributed by atoms with E-state index in [1.165, 1.54) is 0 Å². The highest BCUT2D eigenvalue weighted by Gasteiger charge is 2.16. The second-order valence-corrected chi connectivity index (χ2v) is 4.87. The van der Waals surface area contributed by atoms with Crippen LogP contribution in [0.15, 0.2) is 24.3 Å². The third kappa shape index (κ3) is 4.06. The molecule has 0 atom stereocenters. The maximum atomic E-state index is 11.9. The van der Waals surface area contributed by atoms with Gasteiger partial charge in [0.05, 0.1) is 13.2 Å². The lowest BCUT2D eigenvalue weighted by molar-refractivity contribution is -0.135. The Morgan fingerprint density at radius 3 is 2.50 bits per heavy atom. The summed E-state index contributed by atoms with van der Waals surface area (Å²) in [5, 5.41) is 2.77. The molecule has 1 aliphatic heterocycles. The van der Waals surface area contributed by atoms with Crippen LogP contribution in [0.25, 0.3) is 0 Å². The smallest absolute Gasteiger partial charge is 0.251 e. The fourth-order valence-electron chi connectivity index (χ4n) is 2.06. The highest BCUT2D eigenvalue weighted by molar-refractivity contribution is 5.94. The number of hydrogen-bond donors (Lipinski definition) is 1. The number of rotatable bonds is 4. The lowest BCUT2D eigenvalue weighted by atomic mass is 10.1. The van der Waals surface area contributed by atoms with Gasteiger partial charge in [-0.05, 0) is 19.1 Å². The summed E-state index contributed by atoms with van der Waals surface area (Å²) in [6, 6.07) is 7.37. The fraction of sp³-hybridized carbons (Fsp3) is 0.467. The van der Waals surface area contributed by atoms with E-state index in [1.54, 1.807) is 17.0 Å². The van der Waals surface area contributed by atoms with E-state index in [2.05, 4.69) is 5.32 Å². The zero-order valence-corrected chi connectivity index (χ0v) is 11.7. The van der Waals surface area contributed by atoms with Gasteiger partial charge in [0.25, 0.3) is 5.91 Å². The van der Waals surface area contributed by atoms with E-state index >= 15 is 0 Å². The number of carbonyl (C=O) groups is 2. The Labute approximate surface area is 118 Å². The van der Waals surface area contributed by atoms with E-state index in [9.17, 15) is 9.59 Å². The largest absolute Gasteiger partial charge is 0.378 e. The Kier molecular flexibility index (Phi) is 5.12. The topological polar surface area (TPSA) is 58.6 Å². The number of carbonyl (C=O) groups excluding carboxylic acids is 2. The Morgan fingerprint density at radius 2 is 1.85 bits per heavy atom. The summed E-state index contributed by atoms with van der Waals surface area (Å²) in [5.41, 5.74) is 1.73. The van der Waals surface area contributed by atoms with Crippen molar-refractivity contribution in [1.82, 2.24) is 10.2 Å². The highest BCUT2D eigenvalue weighted by Crippen LogP contribution is 2.03. The average Bonchev–Trinajstić information content (AvgIpc) is 2.48. The van der Waals surface area contributed by atoms with Gasteiger partial charge in [0.15, 0.2) is 0 Å². The van der Waals surface area contributed by atoms with Crippen molar-refractivity contribution in [3.63, 3.8) is 0 Å². The van der Waals surface area contributed by atoms with Crippen molar-refractivity contribution in [2.45, 2.75) is 13.3 Å². The molecular formula is C15H20N2O3. The molecule has 20 heavy (non-hydrogen) atoms. The summed E-state index contributed by atoms with van der Waals surface area (Å²) in [4.78, 5) is 25.5. The summed E-state index contributed by atoms with van der Waals surface area (Å²) in [5.74, 6) is -0.0720. The van der Waals surface area contributed by atoms with Crippen LogP contribution in [-0.2, 0) is 9.53 Å². The van der Waals surface area contributed by atoms with Crippen molar-refractivity contribution in [3.05, 3.63) is 35.4 Å². The maximum Gasteiger partial charge on any atom is 0.251 e. The first-order valence-corrected chi connectivity index (χ1v) is 6.87. The van der Waals surface area contributed by atoms with Crippen LogP contribution in [0.2, 0.25) is 0 Å². The molecule has 0 unspecified atom stereocenters. The first-order chi connectivity index (χ1) is 9.66. The summed E-state index contributed by atoms with van der Waals surface area (Å²) in [6.45, 7) is 4.82. The molecule has 5 nitrogen and oxygen atoms in total. The number of hydrogen-bond acceptors (Lipinski definition) is 3. The molecule has 1 aromatic rings. The molecule has 1 saturated heterocycles. The molecule has 0 aliphatic carbocycles. The van der Waals surface area contributed by atoms with E-state index in [0.717, 1.165) is 5.56 Å². The number of nitrogens with one attached hydrogen (secondary N) is 1. The van der Waals surface area contributed by atoms with Crippen molar-refractivity contribution in [2.75, 3.05) is 32.8 Å². The van der Waals surface area contributed by atoms with Gasteiger partial charge in [-0.1, -0.05) is 17.7 Å². The Morgan fingerprint density at radius 1 is 1.20 bits per heavy atom. The van der Waals surface area contributed by atoms with Crippen LogP contribution in [0.4, 0.5) is 0 Å². The van der Waals surface area contributed by atoms with Gasteiger partial charge in [-0.25, -0.2) is 0 Å². The SMILES string of the molecule is Cc1ccc(C(=O)NCCC(=O)N2CCOCC2)cc1. The first kappa shape index (κ1) is 14.5. The van der Waals surface area contributed by atoms with Crippen LogP contribution in [0.1, 0.15) is 22.3 Å². The quantitative estimate of drug-likeness (QED) is 0.891. The molecule has 0 aromatic heterocycles. The van der Waals surface area contributed by atoms with Crippen LogP contribution < -0.4 is 5.32 Å². The maximum absolute atomic E-state index is 11.9. The van der Waals surface area contributed by atoms with Gasteiger partial charge in [-0.15, -0.1) is 0 Å². The van der Waals surface area contributed by atoms with Gasteiger partial charge in [0, 0.05) is 31.6 Å². The van der Waals surface area contributed by atoms with Gasteiger partial charge in [-0.2, -0.15) is 0 Å². The highest BCUT2D eigenvalue weighted by atomic mass is 16.5. The van der Waals surface area contributed by atoms with E-state index in [1.807, 2.05) is 19.1 Å². The van der Waals surface area contributed by atoms with Crippen molar-refractivity contribution >= 4 is 11.8 Å². The average molecular weight is 276 g/mol. The van der Waals surface area contributed by atoms with Crippen LogP contribution in [0.5, 0.6) is 0 Å². The number of benzene rings is 1. The minimum absolute atomic E-state index is 0.0671. The zero-order valence-electron chi connectivity index (χ0n) is 11.7. The van der Waals surface area contributed by atoms with Crippen molar-refractivity contribution in [3.8, 4) is 0 Å². The van der Waals surface area contributed by atoms with E-state index in [-0.39, 0.29) is 11.8 Å².